The van der Waals surface area contributed by atoms with Gasteiger partial charge in [-0.05, 0) is 60.1 Å². The molecule has 1 fully saturated rings. The molecule has 1 saturated heterocycles. The summed E-state index contributed by atoms with van der Waals surface area (Å²) in [5, 5.41) is 4.06. The quantitative estimate of drug-likeness (QED) is 0.744. The van der Waals surface area contributed by atoms with E-state index in [9.17, 15) is 4.39 Å². The van der Waals surface area contributed by atoms with Crippen LogP contribution in [0.3, 0.4) is 0 Å². The molecule has 0 saturated carbocycles. The molecule has 2 aliphatic heterocycles. The highest BCUT2D eigenvalue weighted by Gasteiger charge is 2.41. The number of amidine groups is 1. The van der Waals surface area contributed by atoms with Crippen LogP contribution < -0.4 is 5.32 Å². The molecule has 1 N–H and O–H groups in total. The van der Waals surface area contributed by atoms with Crippen LogP contribution in [0.5, 0.6) is 0 Å². The Balaban J connectivity index is 1.69. The average molecular weight is 375 g/mol. The number of fused-ring (bicyclic) bond motifs is 1. The van der Waals surface area contributed by atoms with E-state index in [1.54, 1.807) is 6.07 Å². The smallest absolute Gasteiger partial charge is 0.146 e. The predicted molar refractivity (Wildman–Crippen MR) is 105 cm³/mol. The molecule has 0 atom stereocenters. The van der Waals surface area contributed by atoms with E-state index < -0.39 is 0 Å². The Labute approximate surface area is 156 Å². The van der Waals surface area contributed by atoms with Crippen LogP contribution in [0.2, 0.25) is 5.02 Å². The summed E-state index contributed by atoms with van der Waals surface area (Å²) in [6.07, 6.45) is 3.02. The molecule has 0 aliphatic carbocycles. The molecule has 0 unspecified atom stereocenters. The molecule has 0 amide bonds. The van der Waals surface area contributed by atoms with Crippen LogP contribution in [-0.4, -0.2) is 17.3 Å². The Morgan fingerprint density at radius 1 is 1.16 bits per heavy atom. The molecule has 0 bridgehead atoms. The first-order valence-corrected chi connectivity index (χ1v) is 10.1. The van der Waals surface area contributed by atoms with Crippen molar-refractivity contribution in [2.45, 2.75) is 25.8 Å². The van der Waals surface area contributed by atoms with E-state index in [1.165, 1.54) is 6.07 Å². The number of nitrogens with one attached hydrogen (secondary N) is 1. The number of halogens is 2. The van der Waals surface area contributed by atoms with Crippen molar-refractivity contribution < 1.29 is 4.39 Å². The number of hydrogen-bond acceptors (Lipinski definition) is 2. The first-order valence-electron chi connectivity index (χ1n) is 8.58. The SMILES string of the molecule is Fc1cccc2c1NC(=NCc1cccc(Cl)c1)C1(CCSCC1)C2. The maximum absolute atomic E-state index is 14.3. The third-order valence-electron chi connectivity index (χ3n) is 5.13. The lowest BCUT2D eigenvalue weighted by atomic mass is 9.72. The molecule has 2 aromatic rings. The Hall–Kier alpha value is -1.52. The van der Waals surface area contributed by atoms with Crippen molar-refractivity contribution in [3.05, 3.63) is 64.4 Å². The molecule has 4 rings (SSSR count). The number of para-hydroxylation sites is 1. The molecule has 0 radical (unpaired) electrons. The van der Waals surface area contributed by atoms with Gasteiger partial charge >= 0.3 is 0 Å². The van der Waals surface area contributed by atoms with Gasteiger partial charge in [0.1, 0.15) is 11.7 Å². The maximum Gasteiger partial charge on any atom is 0.146 e. The van der Waals surface area contributed by atoms with Crippen molar-refractivity contribution in [3.8, 4) is 0 Å². The molecule has 5 heteroatoms. The van der Waals surface area contributed by atoms with Gasteiger partial charge in [-0.15, -0.1) is 0 Å². The number of nitrogens with zero attached hydrogens (tertiary/aromatic N) is 1. The first kappa shape index (κ1) is 16.9. The van der Waals surface area contributed by atoms with Gasteiger partial charge in [-0.1, -0.05) is 35.9 Å². The van der Waals surface area contributed by atoms with Crippen molar-refractivity contribution >= 4 is 34.9 Å². The first-order chi connectivity index (χ1) is 12.2. The van der Waals surface area contributed by atoms with Crippen molar-refractivity contribution in [1.82, 2.24) is 0 Å². The zero-order chi connectivity index (χ0) is 17.3. The summed E-state index contributed by atoms with van der Waals surface area (Å²) in [7, 11) is 0. The van der Waals surface area contributed by atoms with Crippen molar-refractivity contribution in [1.29, 1.82) is 0 Å². The highest BCUT2D eigenvalue weighted by Crippen LogP contribution is 2.44. The molecular weight excluding hydrogens is 355 g/mol. The fourth-order valence-corrected chi connectivity index (χ4v) is 5.23. The molecule has 2 aromatic carbocycles. The van der Waals surface area contributed by atoms with Gasteiger partial charge in [0, 0.05) is 10.4 Å². The fraction of sp³-hybridized carbons (Fsp3) is 0.350. The molecule has 1 spiro atoms. The summed E-state index contributed by atoms with van der Waals surface area (Å²) in [4.78, 5) is 4.88. The van der Waals surface area contributed by atoms with Gasteiger partial charge in [-0.2, -0.15) is 11.8 Å². The summed E-state index contributed by atoms with van der Waals surface area (Å²) < 4.78 is 14.3. The molecular formula is C20H20ClFN2S. The third-order valence-corrected chi connectivity index (χ3v) is 6.35. The molecule has 25 heavy (non-hydrogen) atoms. The van der Waals surface area contributed by atoms with Crippen LogP contribution in [0.4, 0.5) is 10.1 Å². The zero-order valence-electron chi connectivity index (χ0n) is 13.9. The number of rotatable bonds is 2. The molecule has 2 aliphatic rings. The zero-order valence-corrected chi connectivity index (χ0v) is 15.5. The summed E-state index contributed by atoms with van der Waals surface area (Å²) in [5.74, 6) is 2.99. The van der Waals surface area contributed by atoms with Crippen LogP contribution in [0, 0.1) is 11.2 Å². The van der Waals surface area contributed by atoms with E-state index in [0.717, 1.165) is 52.8 Å². The van der Waals surface area contributed by atoms with E-state index in [2.05, 4.69) is 5.32 Å². The molecule has 0 aromatic heterocycles. The maximum atomic E-state index is 14.3. The minimum Gasteiger partial charge on any atom is -0.341 e. The lowest BCUT2D eigenvalue weighted by molar-refractivity contribution is 0.376. The highest BCUT2D eigenvalue weighted by atomic mass is 35.5. The van der Waals surface area contributed by atoms with Crippen LogP contribution in [-0.2, 0) is 13.0 Å². The number of hydrogen-bond donors (Lipinski definition) is 1. The second-order valence-corrected chi connectivity index (χ2v) is 8.42. The monoisotopic (exact) mass is 374 g/mol. The molecule has 130 valence electrons. The van der Waals surface area contributed by atoms with Crippen LogP contribution in [0.25, 0.3) is 0 Å². The topological polar surface area (TPSA) is 24.4 Å². The lowest BCUT2D eigenvalue weighted by Gasteiger charge is -2.42. The van der Waals surface area contributed by atoms with E-state index in [0.29, 0.717) is 12.2 Å². The van der Waals surface area contributed by atoms with Gasteiger partial charge in [-0.3, -0.25) is 4.99 Å². The minimum absolute atomic E-state index is 0.00458. The molecule has 2 nitrogen and oxygen atoms in total. The Kier molecular flexibility index (Phi) is 4.74. The highest BCUT2D eigenvalue weighted by molar-refractivity contribution is 7.99. The Bertz CT molecular complexity index is 815. The van der Waals surface area contributed by atoms with Crippen molar-refractivity contribution in [2.75, 3.05) is 16.8 Å². The van der Waals surface area contributed by atoms with E-state index in [4.69, 9.17) is 16.6 Å². The lowest BCUT2D eigenvalue weighted by Crippen LogP contribution is -2.44. The molecule has 2 heterocycles. The fourth-order valence-electron chi connectivity index (χ4n) is 3.74. The van der Waals surface area contributed by atoms with E-state index in [1.807, 2.05) is 42.1 Å². The van der Waals surface area contributed by atoms with Gasteiger partial charge in [0.05, 0.1) is 12.2 Å². The number of thioether (sulfide) groups is 1. The van der Waals surface area contributed by atoms with Gasteiger partial charge in [0.15, 0.2) is 0 Å². The van der Waals surface area contributed by atoms with Crippen LogP contribution in [0.1, 0.15) is 24.0 Å². The summed E-state index contributed by atoms with van der Waals surface area (Å²) >= 11 is 8.07. The van der Waals surface area contributed by atoms with E-state index >= 15 is 0 Å². The Morgan fingerprint density at radius 3 is 2.76 bits per heavy atom. The average Bonchev–Trinajstić information content (AvgIpc) is 2.61. The third kappa shape index (κ3) is 3.42. The number of benzene rings is 2. The van der Waals surface area contributed by atoms with Gasteiger partial charge in [0.25, 0.3) is 0 Å². The second-order valence-electron chi connectivity index (χ2n) is 6.76. The standard InChI is InChI=1S/C20H20ClFN2S/c21-16-5-1-3-14(11-16)13-23-19-20(7-9-25-10-8-20)12-15-4-2-6-17(22)18(15)24-19/h1-6,11H,7-10,12-13H2,(H,23,24). The number of aliphatic imine (C=N–C) groups is 1. The van der Waals surface area contributed by atoms with Crippen molar-refractivity contribution in [3.63, 3.8) is 0 Å². The van der Waals surface area contributed by atoms with Crippen molar-refractivity contribution in [2.24, 2.45) is 10.4 Å². The van der Waals surface area contributed by atoms with Gasteiger partial charge < -0.3 is 5.32 Å². The predicted octanol–water partition coefficient (Wildman–Crippen LogP) is 5.56. The Morgan fingerprint density at radius 2 is 1.96 bits per heavy atom. The summed E-state index contributed by atoms with van der Waals surface area (Å²) in [6.45, 7) is 0.557. The van der Waals surface area contributed by atoms with E-state index in [-0.39, 0.29) is 11.2 Å². The minimum atomic E-state index is -0.201. The summed E-state index contributed by atoms with van der Waals surface area (Å²) in [5.41, 5.74) is 2.73. The second kappa shape index (κ2) is 7.00. The van der Waals surface area contributed by atoms with Gasteiger partial charge in [0.2, 0.25) is 0 Å². The number of anilines is 1. The van der Waals surface area contributed by atoms with Crippen LogP contribution >= 0.6 is 23.4 Å². The normalized spacial score (nSPS) is 20.3. The summed E-state index contributed by atoms with van der Waals surface area (Å²) in [6, 6.07) is 13.1. The van der Waals surface area contributed by atoms with Gasteiger partial charge in [-0.25, -0.2) is 4.39 Å². The largest absolute Gasteiger partial charge is 0.341 e. The van der Waals surface area contributed by atoms with Crippen LogP contribution in [0.15, 0.2) is 47.5 Å².